The Morgan fingerprint density at radius 3 is 2.50 bits per heavy atom. The van der Waals surface area contributed by atoms with Crippen LogP contribution in [0.2, 0.25) is 0 Å². The van der Waals surface area contributed by atoms with Crippen LogP contribution in [0.4, 0.5) is 0 Å². The van der Waals surface area contributed by atoms with E-state index in [1.165, 1.54) is 31.3 Å². The van der Waals surface area contributed by atoms with Gasteiger partial charge < -0.3 is 0 Å². The maximum absolute atomic E-state index is 2.51. The molecule has 0 bridgehead atoms. The van der Waals surface area contributed by atoms with Gasteiger partial charge in [0.1, 0.15) is 0 Å². The third-order valence-corrected chi connectivity index (χ3v) is 3.19. The molecule has 0 spiro atoms. The van der Waals surface area contributed by atoms with Crippen molar-refractivity contribution in [2.75, 3.05) is 0 Å². The second-order valence-corrected chi connectivity index (χ2v) is 4.79. The predicted molar refractivity (Wildman–Crippen MR) is 55.2 cm³/mol. The molecule has 0 saturated heterocycles. The van der Waals surface area contributed by atoms with Crippen molar-refractivity contribution in [3.05, 3.63) is 11.6 Å². The molecule has 1 rings (SSSR count). The second kappa shape index (κ2) is 3.64. The third-order valence-electron chi connectivity index (χ3n) is 3.19. The maximum atomic E-state index is 2.51. The van der Waals surface area contributed by atoms with E-state index in [0.29, 0.717) is 5.41 Å². The first-order chi connectivity index (χ1) is 5.58. The van der Waals surface area contributed by atoms with E-state index in [-0.39, 0.29) is 0 Å². The smallest absolute Gasteiger partial charge is 0.0116 e. The molecule has 1 saturated carbocycles. The highest BCUT2D eigenvalue weighted by Gasteiger charge is 2.33. The monoisotopic (exact) mass is 166 g/mol. The molecule has 0 unspecified atom stereocenters. The van der Waals surface area contributed by atoms with E-state index in [2.05, 4.69) is 33.8 Å². The van der Waals surface area contributed by atoms with E-state index < -0.39 is 0 Å². The molecule has 0 nitrogen and oxygen atoms in total. The van der Waals surface area contributed by atoms with E-state index in [4.69, 9.17) is 0 Å². The van der Waals surface area contributed by atoms with Gasteiger partial charge in [-0.2, -0.15) is 0 Å². The summed E-state index contributed by atoms with van der Waals surface area (Å²) in [6, 6.07) is 0. The number of rotatable bonds is 2. The van der Waals surface area contributed by atoms with Crippen LogP contribution in [-0.4, -0.2) is 0 Å². The fraction of sp³-hybridized carbons (Fsp3) is 0.833. The first-order valence-electron chi connectivity index (χ1n) is 5.24. The van der Waals surface area contributed by atoms with Gasteiger partial charge in [0.2, 0.25) is 0 Å². The Kier molecular flexibility index (Phi) is 2.98. The maximum Gasteiger partial charge on any atom is -0.0116 e. The Balaban J connectivity index is 2.71. The summed E-state index contributed by atoms with van der Waals surface area (Å²) in [5, 5.41) is 0. The van der Waals surface area contributed by atoms with Gasteiger partial charge >= 0.3 is 0 Å². The molecular weight excluding hydrogens is 144 g/mol. The summed E-state index contributed by atoms with van der Waals surface area (Å²) in [5.41, 5.74) is 2.06. The number of hydrogen-bond donors (Lipinski definition) is 0. The lowest BCUT2D eigenvalue weighted by atomic mass is 9.81. The van der Waals surface area contributed by atoms with Crippen LogP contribution in [0.3, 0.4) is 0 Å². The van der Waals surface area contributed by atoms with E-state index in [1.807, 2.05) is 0 Å². The van der Waals surface area contributed by atoms with Crippen LogP contribution in [0.15, 0.2) is 11.6 Å². The SMILES string of the molecule is CC[C@@]1(C=C(C)C)CC[C@H](C)C1. The zero-order chi connectivity index (χ0) is 9.19. The van der Waals surface area contributed by atoms with Gasteiger partial charge in [0.25, 0.3) is 0 Å². The summed E-state index contributed by atoms with van der Waals surface area (Å²) in [6.45, 7) is 9.16. The molecule has 0 aliphatic heterocycles. The molecule has 0 N–H and O–H groups in total. The van der Waals surface area contributed by atoms with Gasteiger partial charge in [-0.15, -0.1) is 0 Å². The van der Waals surface area contributed by atoms with E-state index in [0.717, 1.165) is 5.92 Å². The minimum atomic E-state index is 0.568. The lowest BCUT2D eigenvalue weighted by Crippen LogP contribution is -2.12. The molecule has 1 fully saturated rings. The minimum Gasteiger partial charge on any atom is -0.0799 e. The van der Waals surface area contributed by atoms with Crippen LogP contribution in [0.5, 0.6) is 0 Å². The van der Waals surface area contributed by atoms with Crippen LogP contribution in [0.25, 0.3) is 0 Å². The molecule has 1 aliphatic rings. The van der Waals surface area contributed by atoms with Crippen molar-refractivity contribution in [1.29, 1.82) is 0 Å². The Labute approximate surface area is 77.1 Å². The highest BCUT2D eigenvalue weighted by molar-refractivity contribution is 5.08. The van der Waals surface area contributed by atoms with Crippen LogP contribution in [0.1, 0.15) is 53.4 Å². The van der Waals surface area contributed by atoms with Crippen molar-refractivity contribution in [2.24, 2.45) is 11.3 Å². The lowest BCUT2D eigenvalue weighted by Gasteiger charge is -2.24. The predicted octanol–water partition coefficient (Wildman–Crippen LogP) is 4.17. The van der Waals surface area contributed by atoms with Gasteiger partial charge in [0.05, 0.1) is 0 Å². The zero-order valence-corrected chi connectivity index (χ0v) is 8.98. The van der Waals surface area contributed by atoms with Crippen molar-refractivity contribution < 1.29 is 0 Å². The van der Waals surface area contributed by atoms with E-state index in [9.17, 15) is 0 Å². The number of hydrogen-bond acceptors (Lipinski definition) is 0. The molecule has 0 heteroatoms. The Morgan fingerprint density at radius 1 is 1.50 bits per heavy atom. The van der Waals surface area contributed by atoms with Crippen LogP contribution in [0, 0.1) is 11.3 Å². The first kappa shape index (κ1) is 9.83. The first-order valence-corrected chi connectivity index (χ1v) is 5.24. The summed E-state index contributed by atoms with van der Waals surface area (Å²) in [5.74, 6) is 0.945. The summed E-state index contributed by atoms with van der Waals surface area (Å²) in [7, 11) is 0. The molecule has 2 atom stereocenters. The van der Waals surface area contributed by atoms with Crippen molar-refractivity contribution in [1.82, 2.24) is 0 Å². The lowest BCUT2D eigenvalue weighted by molar-refractivity contribution is 0.364. The van der Waals surface area contributed by atoms with Gasteiger partial charge in [-0.1, -0.05) is 25.5 Å². The molecular formula is C12H22. The van der Waals surface area contributed by atoms with Crippen LogP contribution < -0.4 is 0 Å². The Hall–Kier alpha value is -0.260. The van der Waals surface area contributed by atoms with Crippen molar-refractivity contribution in [2.45, 2.75) is 53.4 Å². The van der Waals surface area contributed by atoms with Crippen molar-refractivity contribution in [3.8, 4) is 0 Å². The highest BCUT2D eigenvalue weighted by atomic mass is 14.4. The summed E-state index contributed by atoms with van der Waals surface area (Å²) < 4.78 is 0. The quantitative estimate of drug-likeness (QED) is 0.540. The Bertz CT molecular complexity index is 174. The average Bonchev–Trinajstić information content (AvgIpc) is 2.32. The molecule has 1 aliphatic carbocycles. The fourth-order valence-electron chi connectivity index (χ4n) is 2.60. The van der Waals surface area contributed by atoms with Gasteiger partial charge in [0.15, 0.2) is 0 Å². The van der Waals surface area contributed by atoms with Gasteiger partial charge in [0, 0.05) is 0 Å². The molecule has 0 heterocycles. The molecule has 0 amide bonds. The average molecular weight is 166 g/mol. The van der Waals surface area contributed by atoms with Crippen LogP contribution >= 0.6 is 0 Å². The Morgan fingerprint density at radius 2 is 2.17 bits per heavy atom. The summed E-state index contributed by atoms with van der Waals surface area (Å²) in [6.07, 6.45) is 8.08. The zero-order valence-electron chi connectivity index (χ0n) is 8.98. The van der Waals surface area contributed by atoms with E-state index in [1.54, 1.807) is 0 Å². The molecule has 12 heavy (non-hydrogen) atoms. The summed E-state index contributed by atoms with van der Waals surface area (Å²) in [4.78, 5) is 0. The molecule has 70 valence electrons. The molecule has 0 aromatic heterocycles. The van der Waals surface area contributed by atoms with Gasteiger partial charge in [-0.05, 0) is 50.9 Å². The highest BCUT2D eigenvalue weighted by Crippen LogP contribution is 2.45. The summed E-state index contributed by atoms with van der Waals surface area (Å²) >= 11 is 0. The van der Waals surface area contributed by atoms with Crippen molar-refractivity contribution in [3.63, 3.8) is 0 Å². The normalized spacial score (nSPS) is 35.2. The fourth-order valence-corrected chi connectivity index (χ4v) is 2.60. The molecule has 0 aromatic rings. The van der Waals surface area contributed by atoms with Gasteiger partial charge in [-0.3, -0.25) is 0 Å². The minimum absolute atomic E-state index is 0.568. The van der Waals surface area contributed by atoms with Crippen molar-refractivity contribution >= 4 is 0 Å². The molecule has 0 aromatic carbocycles. The molecule has 0 radical (unpaired) electrons. The van der Waals surface area contributed by atoms with Crippen LogP contribution in [-0.2, 0) is 0 Å². The third kappa shape index (κ3) is 2.12. The standard InChI is InChI=1S/C12H22/c1-5-12(8-10(2)3)7-6-11(4)9-12/h8,11H,5-7,9H2,1-4H3/t11-,12-/m0/s1. The second-order valence-electron chi connectivity index (χ2n) is 4.79. The van der Waals surface area contributed by atoms with Gasteiger partial charge in [-0.25, -0.2) is 0 Å². The number of allylic oxidation sites excluding steroid dienone is 2. The van der Waals surface area contributed by atoms with E-state index >= 15 is 0 Å². The topological polar surface area (TPSA) is 0 Å². The largest absolute Gasteiger partial charge is 0.0799 e.